The van der Waals surface area contributed by atoms with Crippen molar-refractivity contribution in [1.82, 2.24) is 10.2 Å². The Morgan fingerprint density at radius 2 is 1.96 bits per heavy atom. The average molecular weight is 346 g/mol. The highest BCUT2D eigenvalue weighted by Crippen LogP contribution is 2.36. The Morgan fingerprint density at radius 3 is 2.68 bits per heavy atom. The van der Waals surface area contributed by atoms with Gasteiger partial charge in [-0.05, 0) is 36.7 Å². The molecule has 138 valence electrons. The summed E-state index contributed by atoms with van der Waals surface area (Å²) in [6.07, 6.45) is 2.33. The third-order valence-electron chi connectivity index (χ3n) is 5.48. The number of ether oxygens (including phenoxy) is 1. The standard InChI is InChI=1S/C20H30N2O3/c1-15(23)21-19-10-17-12-22(13-18(17)11-20(19)24)8-5-9-25-14-16-6-3-2-4-7-16/h2-4,6-7,17-20,24H,5,8-14H2,1H3,(H,21,23)/t17-,18+,19-,20-/m1/s1. The van der Waals surface area contributed by atoms with Crippen LogP contribution in [0.2, 0.25) is 0 Å². The lowest BCUT2D eigenvalue weighted by molar-refractivity contribution is -0.121. The van der Waals surface area contributed by atoms with Crippen molar-refractivity contribution in [3.63, 3.8) is 0 Å². The second-order valence-electron chi connectivity index (χ2n) is 7.52. The lowest BCUT2D eigenvalue weighted by atomic mass is 9.77. The number of amides is 1. The van der Waals surface area contributed by atoms with Gasteiger partial charge in [0.2, 0.25) is 5.91 Å². The number of hydrogen-bond donors (Lipinski definition) is 2. The minimum absolute atomic E-state index is 0.0482. The van der Waals surface area contributed by atoms with E-state index in [-0.39, 0.29) is 11.9 Å². The van der Waals surface area contributed by atoms with E-state index in [0.717, 1.165) is 45.5 Å². The summed E-state index contributed by atoms with van der Waals surface area (Å²) >= 11 is 0. The monoisotopic (exact) mass is 346 g/mol. The Labute approximate surface area is 150 Å². The van der Waals surface area contributed by atoms with Crippen molar-refractivity contribution in [1.29, 1.82) is 0 Å². The van der Waals surface area contributed by atoms with Crippen molar-refractivity contribution in [3.05, 3.63) is 35.9 Å². The predicted octanol–water partition coefficient (Wildman–Crippen LogP) is 1.80. The SMILES string of the molecule is CC(=O)N[C@@H]1C[C@@H]2CN(CCCOCc3ccccc3)C[C@@H]2C[C@H]1O. The van der Waals surface area contributed by atoms with Gasteiger partial charge in [-0.2, -0.15) is 0 Å². The Bertz CT molecular complexity index is 551. The van der Waals surface area contributed by atoms with Gasteiger partial charge < -0.3 is 20.1 Å². The Kier molecular flexibility index (Phi) is 6.45. The molecule has 1 aromatic carbocycles. The highest BCUT2D eigenvalue weighted by molar-refractivity contribution is 5.73. The third-order valence-corrected chi connectivity index (χ3v) is 5.48. The summed E-state index contributed by atoms with van der Waals surface area (Å²) in [5.74, 6) is 1.10. The zero-order chi connectivity index (χ0) is 17.6. The molecule has 2 fully saturated rings. The van der Waals surface area contributed by atoms with Gasteiger partial charge in [-0.3, -0.25) is 4.79 Å². The first-order valence-corrected chi connectivity index (χ1v) is 9.41. The summed E-state index contributed by atoms with van der Waals surface area (Å²) in [5.41, 5.74) is 1.22. The molecule has 2 aliphatic rings. The number of rotatable bonds is 7. The first kappa shape index (κ1) is 18.4. The number of hydrogen-bond acceptors (Lipinski definition) is 4. The minimum Gasteiger partial charge on any atom is -0.391 e. The molecule has 0 unspecified atom stereocenters. The predicted molar refractivity (Wildman–Crippen MR) is 97.0 cm³/mol. The van der Waals surface area contributed by atoms with Gasteiger partial charge in [0.25, 0.3) is 0 Å². The van der Waals surface area contributed by atoms with E-state index in [9.17, 15) is 9.90 Å². The van der Waals surface area contributed by atoms with Gasteiger partial charge in [-0.25, -0.2) is 0 Å². The second kappa shape index (κ2) is 8.79. The number of nitrogens with zero attached hydrogens (tertiary/aromatic N) is 1. The molecule has 2 N–H and O–H groups in total. The zero-order valence-electron chi connectivity index (χ0n) is 15.1. The van der Waals surface area contributed by atoms with Crippen molar-refractivity contribution in [3.8, 4) is 0 Å². The minimum atomic E-state index is -0.403. The van der Waals surface area contributed by atoms with E-state index in [1.165, 1.54) is 12.5 Å². The van der Waals surface area contributed by atoms with Crippen LogP contribution in [0.1, 0.15) is 31.7 Å². The van der Waals surface area contributed by atoms with Crippen molar-refractivity contribution in [2.24, 2.45) is 11.8 Å². The summed E-state index contributed by atoms with van der Waals surface area (Å²) in [4.78, 5) is 13.8. The van der Waals surface area contributed by atoms with Crippen molar-refractivity contribution in [2.75, 3.05) is 26.2 Å². The summed E-state index contributed by atoms with van der Waals surface area (Å²) in [7, 11) is 0. The fourth-order valence-electron chi connectivity index (χ4n) is 4.28. The van der Waals surface area contributed by atoms with Crippen LogP contribution < -0.4 is 5.32 Å². The molecule has 5 nitrogen and oxygen atoms in total. The molecule has 0 radical (unpaired) electrons. The average Bonchev–Trinajstić information content (AvgIpc) is 2.97. The molecule has 0 aromatic heterocycles. The third kappa shape index (κ3) is 5.27. The van der Waals surface area contributed by atoms with Crippen LogP contribution in [0.4, 0.5) is 0 Å². The van der Waals surface area contributed by atoms with E-state index in [1.807, 2.05) is 18.2 Å². The number of fused-ring (bicyclic) bond motifs is 1. The number of nitrogens with one attached hydrogen (secondary N) is 1. The molecule has 1 heterocycles. The summed E-state index contributed by atoms with van der Waals surface area (Å²) in [6.45, 7) is 6.16. The molecule has 1 aliphatic heterocycles. The largest absolute Gasteiger partial charge is 0.391 e. The van der Waals surface area contributed by atoms with Crippen LogP contribution in [0.5, 0.6) is 0 Å². The molecule has 1 saturated heterocycles. The number of benzene rings is 1. The molecular weight excluding hydrogens is 316 g/mol. The first-order valence-electron chi connectivity index (χ1n) is 9.41. The molecule has 1 aliphatic carbocycles. The smallest absolute Gasteiger partial charge is 0.217 e. The highest BCUT2D eigenvalue weighted by Gasteiger charge is 2.41. The maximum atomic E-state index is 11.3. The molecule has 0 bridgehead atoms. The Hall–Kier alpha value is -1.43. The molecular formula is C20H30N2O3. The van der Waals surface area contributed by atoms with Gasteiger partial charge >= 0.3 is 0 Å². The number of carbonyl (C=O) groups excluding carboxylic acids is 1. The van der Waals surface area contributed by atoms with Crippen molar-refractivity contribution < 1.29 is 14.6 Å². The van der Waals surface area contributed by atoms with Crippen LogP contribution in [-0.2, 0) is 16.1 Å². The van der Waals surface area contributed by atoms with Gasteiger partial charge in [0, 0.05) is 33.2 Å². The van der Waals surface area contributed by atoms with Crippen molar-refractivity contribution in [2.45, 2.75) is 44.9 Å². The molecule has 5 heteroatoms. The lowest BCUT2D eigenvalue weighted by Crippen LogP contribution is -2.48. The number of aliphatic hydroxyl groups excluding tert-OH is 1. The van der Waals surface area contributed by atoms with E-state index >= 15 is 0 Å². The lowest BCUT2D eigenvalue weighted by Gasteiger charge is -2.35. The van der Waals surface area contributed by atoms with E-state index in [2.05, 4.69) is 22.3 Å². The maximum Gasteiger partial charge on any atom is 0.217 e. The molecule has 25 heavy (non-hydrogen) atoms. The maximum absolute atomic E-state index is 11.3. The van der Waals surface area contributed by atoms with Gasteiger partial charge in [0.15, 0.2) is 0 Å². The Morgan fingerprint density at radius 1 is 1.24 bits per heavy atom. The summed E-state index contributed by atoms with van der Waals surface area (Å²) < 4.78 is 5.76. The number of aliphatic hydroxyl groups is 1. The second-order valence-corrected chi connectivity index (χ2v) is 7.52. The highest BCUT2D eigenvalue weighted by atomic mass is 16.5. The van der Waals surface area contributed by atoms with Gasteiger partial charge in [-0.15, -0.1) is 0 Å². The van der Waals surface area contributed by atoms with Crippen LogP contribution >= 0.6 is 0 Å². The van der Waals surface area contributed by atoms with E-state index in [0.29, 0.717) is 18.4 Å². The van der Waals surface area contributed by atoms with Crippen LogP contribution in [0, 0.1) is 11.8 Å². The summed E-state index contributed by atoms with van der Waals surface area (Å²) in [6, 6.07) is 10.2. The van der Waals surface area contributed by atoms with Crippen LogP contribution in [0.3, 0.4) is 0 Å². The molecule has 1 aromatic rings. The van der Waals surface area contributed by atoms with Gasteiger partial charge in [0.05, 0.1) is 18.8 Å². The van der Waals surface area contributed by atoms with Crippen molar-refractivity contribution >= 4 is 5.91 Å². The molecule has 4 atom stereocenters. The van der Waals surface area contributed by atoms with Crippen LogP contribution in [0.25, 0.3) is 0 Å². The van der Waals surface area contributed by atoms with Gasteiger partial charge in [0.1, 0.15) is 0 Å². The molecule has 0 spiro atoms. The van der Waals surface area contributed by atoms with E-state index < -0.39 is 6.10 Å². The normalized spacial score (nSPS) is 29.4. The molecule has 1 amide bonds. The quantitative estimate of drug-likeness (QED) is 0.739. The number of likely N-dealkylation sites (tertiary alicyclic amines) is 1. The van der Waals surface area contributed by atoms with Crippen LogP contribution in [0.15, 0.2) is 30.3 Å². The summed E-state index contributed by atoms with van der Waals surface area (Å²) in [5, 5.41) is 13.2. The fraction of sp³-hybridized carbons (Fsp3) is 0.650. The number of carbonyl (C=O) groups is 1. The van der Waals surface area contributed by atoms with E-state index in [4.69, 9.17) is 4.74 Å². The zero-order valence-corrected chi connectivity index (χ0v) is 15.1. The van der Waals surface area contributed by atoms with Crippen LogP contribution in [-0.4, -0.2) is 54.3 Å². The molecule has 3 rings (SSSR count). The topological polar surface area (TPSA) is 61.8 Å². The van der Waals surface area contributed by atoms with E-state index in [1.54, 1.807) is 0 Å². The van der Waals surface area contributed by atoms with Gasteiger partial charge in [-0.1, -0.05) is 30.3 Å². The Balaban J connectivity index is 1.35. The fourth-order valence-corrected chi connectivity index (χ4v) is 4.28. The molecule has 1 saturated carbocycles. The first-order chi connectivity index (χ1) is 12.1.